The fraction of sp³-hybridized carbons (Fsp3) is 0.222. The summed E-state index contributed by atoms with van der Waals surface area (Å²) in [7, 11) is 4.07. The molecule has 22 heavy (non-hydrogen) atoms. The van der Waals surface area contributed by atoms with Gasteiger partial charge in [-0.25, -0.2) is 0 Å². The maximum atomic E-state index is 8.85. The van der Waals surface area contributed by atoms with Gasteiger partial charge in [-0.2, -0.15) is 10.4 Å². The van der Waals surface area contributed by atoms with Crippen LogP contribution in [0.1, 0.15) is 17.5 Å². The molecule has 3 rings (SSSR count). The summed E-state index contributed by atoms with van der Waals surface area (Å²) in [5.41, 5.74) is 5.12. The molecule has 0 radical (unpaired) electrons. The van der Waals surface area contributed by atoms with E-state index in [-0.39, 0.29) is 0 Å². The first kappa shape index (κ1) is 14.2. The van der Waals surface area contributed by atoms with Crippen LogP contribution in [0.4, 0.5) is 11.4 Å². The van der Waals surface area contributed by atoms with Crippen molar-refractivity contribution in [3.63, 3.8) is 0 Å². The molecule has 1 aliphatic rings. The minimum atomic E-state index is 0.679. The molecule has 0 aliphatic carbocycles. The fourth-order valence-electron chi connectivity index (χ4n) is 2.51. The molecule has 2 aromatic carbocycles. The molecule has 0 bridgehead atoms. The normalized spacial score (nSPS) is 13.7. The highest BCUT2D eigenvalue weighted by atomic mass is 15.5. The molecule has 0 fully saturated rings. The number of nitrogens with zero attached hydrogens (tertiary/aromatic N) is 4. The van der Waals surface area contributed by atoms with Crippen LogP contribution in [0.2, 0.25) is 0 Å². The first-order valence-corrected chi connectivity index (χ1v) is 7.30. The molecule has 0 unspecified atom stereocenters. The molecule has 0 N–H and O–H groups in total. The minimum Gasteiger partial charge on any atom is -0.378 e. The Kier molecular flexibility index (Phi) is 3.80. The van der Waals surface area contributed by atoms with Crippen molar-refractivity contribution in [2.24, 2.45) is 5.10 Å². The van der Waals surface area contributed by atoms with Crippen LogP contribution >= 0.6 is 0 Å². The molecule has 0 atom stereocenters. The van der Waals surface area contributed by atoms with E-state index in [0.717, 1.165) is 29.9 Å². The molecule has 0 spiro atoms. The van der Waals surface area contributed by atoms with Gasteiger partial charge in [0.05, 0.1) is 23.0 Å². The van der Waals surface area contributed by atoms with Crippen LogP contribution in [-0.2, 0) is 0 Å². The van der Waals surface area contributed by atoms with Crippen molar-refractivity contribution in [1.82, 2.24) is 0 Å². The predicted octanol–water partition coefficient (Wildman–Crippen LogP) is 3.24. The standard InChI is InChI=1S/C18H18N4/c1-21(2)16-7-9-17(10-8-16)22-12-11-18(20-22)15-5-3-14(13-19)4-6-15/h3-10H,11-12H2,1-2H3. The number of anilines is 2. The zero-order chi connectivity index (χ0) is 15.5. The third-order valence-electron chi connectivity index (χ3n) is 3.81. The summed E-state index contributed by atoms with van der Waals surface area (Å²) >= 11 is 0. The lowest BCUT2D eigenvalue weighted by atomic mass is 10.1. The summed E-state index contributed by atoms with van der Waals surface area (Å²) in [6.45, 7) is 0.886. The highest BCUT2D eigenvalue weighted by Crippen LogP contribution is 2.24. The van der Waals surface area contributed by atoms with Gasteiger partial charge in [-0.05, 0) is 42.0 Å². The van der Waals surface area contributed by atoms with Crippen molar-refractivity contribution in [3.05, 3.63) is 59.7 Å². The molecule has 0 aromatic heterocycles. The molecule has 1 aliphatic heterocycles. The van der Waals surface area contributed by atoms with Crippen molar-refractivity contribution in [2.75, 3.05) is 30.5 Å². The van der Waals surface area contributed by atoms with E-state index in [2.05, 4.69) is 35.2 Å². The van der Waals surface area contributed by atoms with Crippen molar-refractivity contribution >= 4 is 17.1 Å². The highest BCUT2D eigenvalue weighted by molar-refractivity contribution is 6.02. The first-order valence-electron chi connectivity index (χ1n) is 7.30. The topological polar surface area (TPSA) is 42.6 Å². The zero-order valence-electron chi connectivity index (χ0n) is 12.8. The Hall–Kier alpha value is -2.80. The number of hydrogen-bond acceptors (Lipinski definition) is 4. The Bertz CT molecular complexity index is 721. The Labute approximate surface area is 130 Å². The van der Waals surface area contributed by atoms with Crippen LogP contribution in [0.5, 0.6) is 0 Å². The van der Waals surface area contributed by atoms with Gasteiger partial charge in [-0.15, -0.1) is 0 Å². The van der Waals surface area contributed by atoms with E-state index in [9.17, 15) is 0 Å². The number of nitriles is 1. The Morgan fingerprint density at radius 1 is 1.05 bits per heavy atom. The largest absolute Gasteiger partial charge is 0.378 e. The lowest BCUT2D eigenvalue weighted by molar-refractivity contribution is 0.921. The third-order valence-corrected chi connectivity index (χ3v) is 3.81. The van der Waals surface area contributed by atoms with E-state index in [1.54, 1.807) is 0 Å². The number of rotatable bonds is 3. The first-order chi connectivity index (χ1) is 10.7. The lowest BCUT2D eigenvalue weighted by Crippen LogP contribution is -2.12. The predicted molar refractivity (Wildman–Crippen MR) is 90.4 cm³/mol. The van der Waals surface area contributed by atoms with Crippen LogP contribution in [0.15, 0.2) is 53.6 Å². The van der Waals surface area contributed by atoms with Crippen LogP contribution in [0.25, 0.3) is 0 Å². The second kappa shape index (κ2) is 5.90. The van der Waals surface area contributed by atoms with Gasteiger partial charge in [-0.1, -0.05) is 12.1 Å². The summed E-state index contributed by atoms with van der Waals surface area (Å²) in [6.07, 6.45) is 0.918. The van der Waals surface area contributed by atoms with Gasteiger partial charge < -0.3 is 4.90 Å². The van der Waals surface area contributed by atoms with Crippen LogP contribution in [-0.4, -0.2) is 26.4 Å². The average Bonchev–Trinajstić information content (AvgIpc) is 3.05. The van der Waals surface area contributed by atoms with E-state index in [4.69, 9.17) is 10.4 Å². The Morgan fingerprint density at radius 3 is 2.32 bits per heavy atom. The average molecular weight is 290 g/mol. The zero-order valence-corrected chi connectivity index (χ0v) is 12.8. The third kappa shape index (κ3) is 2.79. The van der Waals surface area contributed by atoms with E-state index < -0.39 is 0 Å². The van der Waals surface area contributed by atoms with Crippen LogP contribution < -0.4 is 9.91 Å². The van der Waals surface area contributed by atoms with Gasteiger partial charge in [0.25, 0.3) is 0 Å². The van der Waals surface area contributed by atoms with Crippen molar-refractivity contribution in [2.45, 2.75) is 6.42 Å². The van der Waals surface area contributed by atoms with Gasteiger partial charge in [0.2, 0.25) is 0 Å². The molecule has 1 heterocycles. The lowest BCUT2D eigenvalue weighted by Gasteiger charge is -2.16. The molecule has 0 amide bonds. The molecular weight excluding hydrogens is 272 g/mol. The van der Waals surface area contributed by atoms with Gasteiger partial charge in [0, 0.05) is 32.7 Å². The van der Waals surface area contributed by atoms with Gasteiger partial charge in [0.1, 0.15) is 0 Å². The quantitative estimate of drug-likeness (QED) is 0.871. The molecular formula is C18H18N4. The molecule has 0 saturated heterocycles. The minimum absolute atomic E-state index is 0.679. The van der Waals surface area contributed by atoms with Crippen LogP contribution in [0, 0.1) is 11.3 Å². The maximum Gasteiger partial charge on any atom is 0.0991 e. The maximum absolute atomic E-state index is 8.85. The van der Waals surface area contributed by atoms with E-state index in [0.29, 0.717) is 5.56 Å². The number of hydrazone groups is 1. The number of hydrogen-bond donors (Lipinski definition) is 0. The monoisotopic (exact) mass is 290 g/mol. The smallest absolute Gasteiger partial charge is 0.0991 e. The van der Waals surface area contributed by atoms with Crippen molar-refractivity contribution < 1.29 is 0 Å². The molecule has 4 nitrogen and oxygen atoms in total. The Morgan fingerprint density at radius 2 is 1.73 bits per heavy atom. The van der Waals surface area contributed by atoms with Gasteiger partial charge in [-0.3, -0.25) is 5.01 Å². The highest BCUT2D eigenvalue weighted by Gasteiger charge is 2.17. The van der Waals surface area contributed by atoms with E-state index in [1.165, 1.54) is 5.69 Å². The van der Waals surface area contributed by atoms with Gasteiger partial charge >= 0.3 is 0 Å². The summed E-state index contributed by atoms with van der Waals surface area (Å²) in [4.78, 5) is 2.08. The summed E-state index contributed by atoms with van der Waals surface area (Å²) in [5.74, 6) is 0. The van der Waals surface area contributed by atoms with Crippen molar-refractivity contribution in [1.29, 1.82) is 5.26 Å². The summed E-state index contributed by atoms with van der Waals surface area (Å²) in [5, 5.41) is 15.6. The Balaban J connectivity index is 1.79. The van der Waals surface area contributed by atoms with Gasteiger partial charge in [0.15, 0.2) is 0 Å². The van der Waals surface area contributed by atoms with Crippen molar-refractivity contribution in [3.8, 4) is 6.07 Å². The molecule has 0 saturated carbocycles. The summed E-state index contributed by atoms with van der Waals surface area (Å²) in [6, 6.07) is 18.2. The van der Waals surface area contributed by atoms with E-state index >= 15 is 0 Å². The fourth-order valence-corrected chi connectivity index (χ4v) is 2.51. The van der Waals surface area contributed by atoms with Crippen LogP contribution in [0.3, 0.4) is 0 Å². The van der Waals surface area contributed by atoms with E-state index in [1.807, 2.05) is 43.4 Å². The second-order valence-electron chi connectivity index (χ2n) is 5.52. The SMILES string of the molecule is CN(C)c1ccc(N2CCC(c3ccc(C#N)cc3)=N2)cc1. The molecule has 4 heteroatoms. The molecule has 110 valence electrons. The summed E-state index contributed by atoms with van der Waals surface area (Å²) < 4.78 is 0. The molecule has 2 aromatic rings. The number of benzene rings is 2. The second-order valence-corrected chi connectivity index (χ2v) is 5.52.